The number of para-hydroxylation sites is 1. The molecule has 0 bridgehead atoms. The largest absolute Gasteiger partial charge is 0.496 e. The lowest BCUT2D eigenvalue weighted by atomic mass is 10.0. The Morgan fingerprint density at radius 2 is 1.81 bits per heavy atom. The van der Waals surface area contributed by atoms with Crippen molar-refractivity contribution in [2.45, 2.75) is 6.18 Å². The topological polar surface area (TPSA) is 39.2 Å². The molecular weight excluding hydrogens is 307 g/mol. The summed E-state index contributed by atoms with van der Waals surface area (Å²) in [6, 6.07) is 8.07. The number of hydrogen-bond acceptors (Lipinski definition) is 3. The van der Waals surface area contributed by atoms with E-state index < -0.39 is 22.8 Å². The van der Waals surface area contributed by atoms with Crippen LogP contribution >= 0.6 is 11.6 Å². The lowest BCUT2D eigenvalue weighted by Gasteiger charge is -2.10. The molecule has 0 aliphatic carbocycles. The Morgan fingerprint density at radius 3 is 2.38 bits per heavy atom. The molecule has 0 N–H and O–H groups in total. The number of halogens is 4. The average Bonchev–Trinajstić information content (AvgIpc) is 2.45. The van der Waals surface area contributed by atoms with Gasteiger partial charge in [-0.1, -0.05) is 23.7 Å². The van der Waals surface area contributed by atoms with Gasteiger partial charge in [0, 0.05) is 0 Å². The molecule has 0 saturated heterocycles. The van der Waals surface area contributed by atoms with Crippen LogP contribution in [0.1, 0.15) is 21.6 Å². The predicted octanol–water partition coefficient (Wildman–Crippen LogP) is 3.99. The molecule has 0 saturated carbocycles. The van der Waals surface area contributed by atoms with Gasteiger partial charge in [-0.3, -0.25) is 4.79 Å². The van der Waals surface area contributed by atoms with Gasteiger partial charge in [-0.25, -0.2) is 4.98 Å². The fourth-order valence-electron chi connectivity index (χ4n) is 1.74. The summed E-state index contributed by atoms with van der Waals surface area (Å²) in [5.41, 5.74) is -1.07. The number of ketones is 1. The molecular formula is C14H9ClF3NO2. The third-order valence-corrected chi connectivity index (χ3v) is 3.02. The zero-order valence-corrected chi connectivity index (χ0v) is 11.5. The molecule has 21 heavy (non-hydrogen) atoms. The Bertz CT molecular complexity index is 686. The van der Waals surface area contributed by atoms with Crippen LogP contribution in [0.4, 0.5) is 13.2 Å². The predicted molar refractivity (Wildman–Crippen MR) is 70.7 cm³/mol. The molecule has 3 nitrogen and oxygen atoms in total. The minimum Gasteiger partial charge on any atom is -0.496 e. The number of hydrogen-bond donors (Lipinski definition) is 0. The van der Waals surface area contributed by atoms with Crippen LogP contribution in [0.5, 0.6) is 5.75 Å². The number of methoxy groups -OCH3 is 1. The van der Waals surface area contributed by atoms with E-state index in [1.807, 2.05) is 0 Å². The molecule has 1 aromatic carbocycles. The van der Waals surface area contributed by atoms with Gasteiger partial charge in [-0.2, -0.15) is 13.2 Å². The maximum Gasteiger partial charge on any atom is 0.433 e. The lowest BCUT2D eigenvalue weighted by Crippen LogP contribution is -2.11. The first kappa shape index (κ1) is 15.3. The van der Waals surface area contributed by atoms with Gasteiger partial charge in [0.25, 0.3) is 0 Å². The molecule has 0 aliphatic rings. The Morgan fingerprint density at radius 1 is 1.14 bits per heavy atom. The Balaban J connectivity index is 2.45. The molecule has 1 aromatic heterocycles. The normalized spacial score (nSPS) is 11.3. The second-order valence-electron chi connectivity index (χ2n) is 4.06. The highest BCUT2D eigenvalue weighted by molar-refractivity contribution is 6.34. The molecule has 0 radical (unpaired) electrons. The summed E-state index contributed by atoms with van der Waals surface area (Å²) in [6.07, 6.45) is -4.62. The summed E-state index contributed by atoms with van der Waals surface area (Å²) in [5, 5.41) is -0.499. The minimum absolute atomic E-state index is 0.117. The smallest absolute Gasteiger partial charge is 0.433 e. The van der Waals surface area contributed by atoms with Crippen molar-refractivity contribution < 1.29 is 22.7 Å². The molecule has 0 amide bonds. The van der Waals surface area contributed by atoms with E-state index in [9.17, 15) is 18.0 Å². The number of ether oxygens (including phenoxy) is 1. The van der Waals surface area contributed by atoms with Crippen molar-refractivity contribution in [3.8, 4) is 5.75 Å². The third kappa shape index (κ3) is 3.16. The SMILES string of the molecule is COc1ccccc1C(=O)c1ccc(C(F)(F)F)nc1Cl. The van der Waals surface area contributed by atoms with E-state index in [1.54, 1.807) is 18.2 Å². The fourth-order valence-corrected chi connectivity index (χ4v) is 1.98. The van der Waals surface area contributed by atoms with E-state index in [2.05, 4.69) is 4.98 Å². The maximum atomic E-state index is 12.5. The van der Waals surface area contributed by atoms with Crippen LogP contribution in [0.2, 0.25) is 5.15 Å². The number of nitrogens with zero attached hydrogens (tertiary/aromatic N) is 1. The van der Waals surface area contributed by atoms with Gasteiger partial charge >= 0.3 is 6.18 Å². The van der Waals surface area contributed by atoms with Gasteiger partial charge < -0.3 is 4.74 Å². The van der Waals surface area contributed by atoms with Crippen molar-refractivity contribution in [3.05, 3.63) is 58.4 Å². The molecule has 0 unspecified atom stereocenters. The Labute approximate surface area is 123 Å². The zero-order valence-electron chi connectivity index (χ0n) is 10.7. The van der Waals surface area contributed by atoms with Crippen LogP contribution in [0, 0.1) is 0 Å². The van der Waals surface area contributed by atoms with Gasteiger partial charge in [0.05, 0.1) is 18.2 Å². The van der Waals surface area contributed by atoms with Gasteiger partial charge in [0.1, 0.15) is 16.6 Å². The first-order chi connectivity index (χ1) is 9.84. The quantitative estimate of drug-likeness (QED) is 0.635. The van der Waals surface area contributed by atoms with E-state index in [0.29, 0.717) is 11.8 Å². The lowest BCUT2D eigenvalue weighted by molar-refractivity contribution is -0.141. The number of carbonyl (C=O) groups is 1. The molecule has 2 rings (SSSR count). The third-order valence-electron chi connectivity index (χ3n) is 2.74. The van der Waals surface area contributed by atoms with Crippen molar-refractivity contribution in [1.29, 1.82) is 0 Å². The monoisotopic (exact) mass is 315 g/mol. The highest BCUT2D eigenvalue weighted by Gasteiger charge is 2.33. The molecule has 0 spiro atoms. The van der Waals surface area contributed by atoms with Crippen LogP contribution in [0.25, 0.3) is 0 Å². The van der Waals surface area contributed by atoms with Crippen LogP contribution in [-0.4, -0.2) is 17.9 Å². The molecule has 1 heterocycles. The van der Waals surface area contributed by atoms with Gasteiger partial charge in [-0.05, 0) is 24.3 Å². The number of carbonyl (C=O) groups excluding carboxylic acids is 1. The highest BCUT2D eigenvalue weighted by atomic mass is 35.5. The Hall–Kier alpha value is -2.08. The highest BCUT2D eigenvalue weighted by Crippen LogP contribution is 2.31. The van der Waals surface area contributed by atoms with E-state index in [1.165, 1.54) is 13.2 Å². The van der Waals surface area contributed by atoms with E-state index in [0.717, 1.165) is 6.07 Å². The van der Waals surface area contributed by atoms with Crippen LogP contribution in [0.3, 0.4) is 0 Å². The van der Waals surface area contributed by atoms with E-state index >= 15 is 0 Å². The Kier molecular flexibility index (Phi) is 4.18. The first-order valence-electron chi connectivity index (χ1n) is 5.76. The molecule has 0 aliphatic heterocycles. The van der Waals surface area contributed by atoms with Crippen molar-refractivity contribution in [2.75, 3.05) is 7.11 Å². The van der Waals surface area contributed by atoms with E-state index in [4.69, 9.17) is 16.3 Å². The van der Waals surface area contributed by atoms with Crippen LogP contribution in [0.15, 0.2) is 36.4 Å². The first-order valence-corrected chi connectivity index (χ1v) is 6.14. The summed E-state index contributed by atoms with van der Waals surface area (Å²) in [5.74, 6) is -0.253. The summed E-state index contributed by atoms with van der Waals surface area (Å²) in [7, 11) is 1.39. The summed E-state index contributed by atoms with van der Waals surface area (Å²) in [6.45, 7) is 0. The molecule has 0 fully saturated rings. The van der Waals surface area contributed by atoms with Gasteiger partial charge in [0.2, 0.25) is 0 Å². The fraction of sp³-hybridized carbons (Fsp3) is 0.143. The number of aromatic nitrogens is 1. The van der Waals surface area contributed by atoms with Crippen LogP contribution < -0.4 is 4.74 Å². The number of alkyl halides is 3. The van der Waals surface area contributed by atoms with Gasteiger partial charge in [-0.15, -0.1) is 0 Å². The second kappa shape index (κ2) is 5.73. The zero-order chi connectivity index (χ0) is 15.6. The van der Waals surface area contributed by atoms with Crippen LogP contribution in [-0.2, 0) is 6.18 Å². The minimum atomic E-state index is -4.62. The number of benzene rings is 1. The maximum absolute atomic E-state index is 12.5. The van der Waals surface area contributed by atoms with Crippen molar-refractivity contribution in [2.24, 2.45) is 0 Å². The number of pyridine rings is 1. The average molecular weight is 316 g/mol. The van der Waals surface area contributed by atoms with E-state index in [-0.39, 0.29) is 11.1 Å². The van der Waals surface area contributed by atoms with Gasteiger partial charge in [0.15, 0.2) is 5.78 Å². The number of rotatable bonds is 3. The van der Waals surface area contributed by atoms with Crippen molar-refractivity contribution in [1.82, 2.24) is 4.98 Å². The standard InChI is InChI=1S/C14H9ClF3NO2/c1-21-10-5-3-2-4-8(10)12(20)9-6-7-11(14(16,17)18)19-13(9)15/h2-7H,1H3. The van der Waals surface area contributed by atoms with Crippen molar-refractivity contribution >= 4 is 17.4 Å². The molecule has 7 heteroatoms. The summed E-state index contributed by atoms with van der Waals surface area (Å²) >= 11 is 5.70. The molecule has 110 valence electrons. The van der Waals surface area contributed by atoms with Crippen molar-refractivity contribution in [3.63, 3.8) is 0 Å². The summed E-state index contributed by atoms with van der Waals surface area (Å²) in [4.78, 5) is 15.5. The second-order valence-corrected chi connectivity index (χ2v) is 4.42. The molecule has 0 atom stereocenters. The summed E-state index contributed by atoms with van der Waals surface area (Å²) < 4.78 is 42.6. The molecule has 2 aromatic rings.